The minimum atomic E-state index is 0.193. The molecule has 22 heavy (non-hydrogen) atoms. The van der Waals surface area contributed by atoms with Crippen molar-refractivity contribution in [2.45, 2.75) is 26.8 Å². The predicted molar refractivity (Wildman–Crippen MR) is 87.1 cm³/mol. The van der Waals surface area contributed by atoms with Crippen LogP contribution in [0.25, 0.3) is 5.69 Å². The highest BCUT2D eigenvalue weighted by Crippen LogP contribution is 2.22. The molecule has 0 spiro atoms. The van der Waals surface area contributed by atoms with Crippen molar-refractivity contribution in [1.82, 2.24) is 20.2 Å². The molecule has 0 fully saturated rings. The van der Waals surface area contributed by atoms with Crippen LogP contribution in [0.4, 0.5) is 5.69 Å². The van der Waals surface area contributed by atoms with Crippen LogP contribution in [0, 0.1) is 13.8 Å². The number of aromatic nitrogens is 4. The number of rotatable bonds is 4. The van der Waals surface area contributed by atoms with Gasteiger partial charge in [0.05, 0.1) is 5.69 Å². The molecule has 0 bridgehead atoms. The van der Waals surface area contributed by atoms with Gasteiger partial charge in [-0.25, -0.2) is 4.68 Å². The molecule has 112 valence electrons. The van der Waals surface area contributed by atoms with Crippen LogP contribution in [-0.2, 0) is 0 Å². The summed E-state index contributed by atoms with van der Waals surface area (Å²) in [6.45, 7) is 6.40. The van der Waals surface area contributed by atoms with Gasteiger partial charge >= 0.3 is 0 Å². The van der Waals surface area contributed by atoms with Crippen molar-refractivity contribution >= 4 is 5.69 Å². The fraction of sp³-hybridized carbons (Fsp3) is 0.235. The number of aryl methyl sites for hydroxylation is 2. The molecule has 1 N–H and O–H groups in total. The molecular formula is C17H19N5. The molecular weight excluding hydrogens is 274 g/mol. The van der Waals surface area contributed by atoms with Gasteiger partial charge in [-0.2, -0.15) is 0 Å². The van der Waals surface area contributed by atoms with E-state index in [2.05, 4.69) is 71.9 Å². The van der Waals surface area contributed by atoms with E-state index < -0.39 is 0 Å². The van der Waals surface area contributed by atoms with Gasteiger partial charge in [0.25, 0.3) is 0 Å². The molecule has 5 nitrogen and oxygen atoms in total. The van der Waals surface area contributed by atoms with Gasteiger partial charge in [0, 0.05) is 11.7 Å². The Bertz CT molecular complexity index is 764. The van der Waals surface area contributed by atoms with Gasteiger partial charge in [-0.3, -0.25) is 0 Å². The molecule has 0 aliphatic heterocycles. The van der Waals surface area contributed by atoms with E-state index in [9.17, 15) is 0 Å². The maximum absolute atomic E-state index is 3.93. The van der Waals surface area contributed by atoms with E-state index in [-0.39, 0.29) is 6.04 Å². The van der Waals surface area contributed by atoms with Gasteiger partial charge < -0.3 is 5.32 Å². The van der Waals surface area contributed by atoms with Gasteiger partial charge in [-0.15, -0.1) is 5.10 Å². The van der Waals surface area contributed by atoms with Crippen molar-refractivity contribution in [3.8, 4) is 5.69 Å². The van der Waals surface area contributed by atoms with Crippen molar-refractivity contribution in [1.29, 1.82) is 0 Å². The molecule has 0 aliphatic carbocycles. The van der Waals surface area contributed by atoms with Crippen molar-refractivity contribution < 1.29 is 0 Å². The zero-order valence-electron chi connectivity index (χ0n) is 13.0. The summed E-state index contributed by atoms with van der Waals surface area (Å²) < 4.78 is 1.66. The van der Waals surface area contributed by atoms with Crippen LogP contribution in [0.2, 0.25) is 0 Å². The van der Waals surface area contributed by atoms with E-state index in [0.29, 0.717) is 0 Å². The lowest BCUT2D eigenvalue weighted by molar-refractivity contribution is 0.785. The topological polar surface area (TPSA) is 55.6 Å². The zero-order valence-corrected chi connectivity index (χ0v) is 13.0. The molecule has 0 saturated carbocycles. The maximum Gasteiger partial charge on any atom is 0.143 e. The number of nitrogens with one attached hydrogen (secondary N) is 1. The summed E-state index contributed by atoms with van der Waals surface area (Å²) in [5, 5.41) is 14.8. The second-order valence-electron chi connectivity index (χ2n) is 5.51. The van der Waals surface area contributed by atoms with Crippen LogP contribution >= 0.6 is 0 Å². The molecule has 1 heterocycles. The van der Waals surface area contributed by atoms with Crippen molar-refractivity contribution in [3.63, 3.8) is 0 Å². The number of nitrogens with zero attached hydrogens (tertiary/aromatic N) is 4. The van der Waals surface area contributed by atoms with Crippen LogP contribution in [0.3, 0.4) is 0 Å². The van der Waals surface area contributed by atoms with Crippen molar-refractivity contribution in [2.75, 3.05) is 5.32 Å². The monoisotopic (exact) mass is 293 g/mol. The van der Waals surface area contributed by atoms with Crippen molar-refractivity contribution in [3.05, 3.63) is 65.5 Å². The summed E-state index contributed by atoms with van der Waals surface area (Å²) in [6.07, 6.45) is 1.60. The number of anilines is 1. The fourth-order valence-corrected chi connectivity index (χ4v) is 2.38. The lowest BCUT2D eigenvalue weighted by Gasteiger charge is -2.17. The second-order valence-corrected chi connectivity index (χ2v) is 5.51. The third kappa shape index (κ3) is 2.98. The number of hydrogen-bond donors (Lipinski definition) is 1. The van der Waals surface area contributed by atoms with Gasteiger partial charge in [0.15, 0.2) is 0 Å². The lowest BCUT2D eigenvalue weighted by Crippen LogP contribution is -2.08. The first kappa shape index (κ1) is 14.3. The molecule has 1 unspecified atom stereocenters. The quantitative estimate of drug-likeness (QED) is 0.800. The molecule has 1 aromatic heterocycles. The Morgan fingerprint density at radius 1 is 1.05 bits per heavy atom. The molecule has 0 aliphatic rings. The number of tetrazole rings is 1. The molecule has 3 rings (SSSR count). The highest BCUT2D eigenvalue weighted by molar-refractivity contribution is 5.50. The summed E-state index contributed by atoms with van der Waals surface area (Å²) >= 11 is 0. The first-order valence-electron chi connectivity index (χ1n) is 7.30. The van der Waals surface area contributed by atoms with Gasteiger partial charge in [-0.05, 0) is 72.2 Å². The van der Waals surface area contributed by atoms with Crippen LogP contribution in [0.5, 0.6) is 0 Å². The minimum Gasteiger partial charge on any atom is -0.379 e. The molecule has 0 amide bonds. The Labute approximate surface area is 130 Å². The Balaban J connectivity index is 1.81. The van der Waals surface area contributed by atoms with E-state index in [1.165, 1.54) is 16.7 Å². The second kappa shape index (κ2) is 5.97. The molecule has 2 aromatic carbocycles. The van der Waals surface area contributed by atoms with E-state index in [0.717, 1.165) is 11.4 Å². The molecule has 1 atom stereocenters. The smallest absolute Gasteiger partial charge is 0.143 e. The van der Waals surface area contributed by atoms with Crippen LogP contribution < -0.4 is 5.32 Å². The first-order valence-corrected chi connectivity index (χ1v) is 7.30. The van der Waals surface area contributed by atoms with Gasteiger partial charge in [-0.1, -0.05) is 18.2 Å². The third-order valence-corrected chi connectivity index (χ3v) is 3.87. The average Bonchev–Trinajstić information content (AvgIpc) is 3.05. The summed E-state index contributed by atoms with van der Waals surface area (Å²) in [4.78, 5) is 0. The van der Waals surface area contributed by atoms with Crippen LogP contribution in [0.1, 0.15) is 29.7 Å². The van der Waals surface area contributed by atoms with E-state index in [1.54, 1.807) is 11.0 Å². The van der Waals surface area contributed by atoms with Crippen LogP contribution in [-0.4, -0.2) is 20.2 Å². The molecule has 5 heteroatoms. The van der Waals surface area contributed by atoms with E-state index in [1.807, 2.05) is 12.1 Å². The van der Waals surface area contributed by atoms with Crippen LogP contribution in [0.15, 0.2) is 48.8 Å². The number of benzene rings is 2. The summed E-state index contributed by atoms with van der Waals surface area (Å²) in [6, 6.07) is 14.8. The Hall–Kier alpha value is -2.69. The zero-order chi connectivity index (χ0) is 15.5. The molecule has 0 radical (unpaired) electrons. The highest BCUT2D eigenvalue weighted by Gasteiger charge is 2.08. The van der Waals surface area contributed by atoms with E-state index >= 15 is 0 Å². The SMILES string of the molecule is Cc1ccc(NC(C)c2cccc(-n3cnnn3)c2)cc1C. The Morgan fingerprint density at radius 3 is 2.64 bits per heavy atom. The highest BCUT2D eigenvalue weighted by atomic mass is 15.5. The fourth-order valence-electron chi connectivity index (χ4n) is 2.38. The van der Waals surface area contributed by atoms with Crippen molar-refractivity contribution in [2.24, 2.45) is 0 Å². The number of hydrogen-bond acceptors (Lipinski definition) is 4. The summed E-state index contributed by atoms with van der Waals surface area (Å²) in [7, 11) is 0. The predicted octanol–water partition coefficient (Wildman–Crippen LogP) is 3.45. The third-order valence-electron chi connectivity index (χ3n) is 3.87. The van der Waals surface area contributed by atoms with E-state index in [4.69, 9.17) is 0 Å². The van der Waals surface area contributed by atoms with Gasteiger partial charge in [0.2, 0.25) is 0 Å². The average molecular weight is 293 g/mol. The normalized spacial score (nSPS) is 12.1. The Morgan fingerprint density at radius 2 is 1.91 bits per heavy atom. The maximum atomic E-state index is 3.93. The Kier molecular flexibility index (Phi) is 3.87. The standard InChI is InChI=1S/C17H19N5/c1-12-7-8-16(9-13(12)2)19-14(3)15-5-4-6-17(10-15)22-11-18-20-21-22/h4-11,14,19H,1-3H3. The summed E-state index contributed by atoms with van der Waals surface area (Å²) in [5.41, 5.74) is 5.87. The minimum absolute atomic E-state index is 0.193. The molecule has 3 aromatic rings. The lowest BCUT2D eigenvalue weighted by atomic mass is 10.1. The molecule has 0 saturated heterocycles. The summed E-state index contributed by atoms with van der Waals surface area (Å²) in [5.74, 6) is 0. The first-order chi connectivity index (χ1) is 10.6. The van der Waals surface area contributed by atoms with Gasteiger partial charge in [0.1, 0.15) is 6.33 Å². The largest absolute Gasteiger partial charge is 0.379 e.